The monoisotopic (exact) mass is 206 g/mol. The molecule has 0 aliphatic carbocycles. The van der Waals surface area contributed by atoms with E-state index in [0.29, 0.717) is 13.0 Å². The topological polar surface area (TPSA) is 46.3 Å². The molecule has 15 heavy (non-hydrogen) atoms. The number of anilines is 1. The Kier molecular flexibility index (Phi) is 3.86. The predicted octanol–water partition coefficient (Wildman–Crippen LogP) is 1.62. The SMILES string of the molecule is Cc1ccc(N(C)C(=O)CCN)c(C)c1. The zero-order chi connectivity index (χ0) is 11.4. The minimum absolute atomic E-state index is 0.0597. The van der Waals surface area contributed by atoms with Gasteiger partial charge < -0.3 is 10.6 Å². The number of nitrogens with two attached hydrogens (primary N) is 1. The lowest BCUT2D eigenvalue weighted by atomic mass is 10.1. The van der Waals surface area contributed by atoms with Crippen molar-refractivity contribution in [3.63, 3.8) is 0 Å². The molecule has 0 aliphatic rings. The third-order valence-corrected chi connectivity index (χ3v) is 2.45. The summed E-state index contributed by atoms with van der Waals surface area (Å²) in [6.07, 6.45) is 0.393. The van der Waals surface area contributed by atoms with Crippen LogP contribution >= 0.6 is 0 Å². The first kappa shape index (κ1) is 11.7. The molecule has 3 nitrogen and oxygen atoms in total. The van der Waals surface area contributed by atoms with Gasteiger partial charge in [-0.25, -0.2) is 0 Å². The first-order chi connectivity index (χ1) is 7.06. The number of benzene rings is 1. The fourth-order valence-corrected chi connectivity index (χ4v) is 1.61. The number of aryl methyl sites for hydroxylation is 2. The van der Waals surface area contributed by atoms with Crippen molar-refractivity contribution in [1.82, 2.24) is 0 Å². The second-order valence-electron chi connectivity index (χ2n) is 3.78. The average molecular weight is 206 g/mol. The Labute approximate surface area is 90.9 Å². The molecule has 82 valence electrons. The highest BCUT2D eigenvalue weighted by Gasteiger charge is 2.11. The van der Waals surface area contributed by atoms with Gasteiger partial charge in [0.2, 0.25) is 5.91 Å². The summed E-state index contributed by atoms with van der Waals surface area (Å²) >= 11 is 0. The molecule has 1 rings (SSSR count). The highest BCUT2D eigenvalue weighted by Crippen LogP contribution is 2.20. The van der Waals surface area contributed by atoms with Crippen LogP contribution in [0.25, 0.3) is 0 Å². The zero-order valence-electron chi connectivity index (χ0n) is 9.58. The maximum Gasteiger partial charge on any atom is 0.227 e. The van der Waals surface area contributed by atoms with Gasteiger partial charge >= 0.3 is 0 Å². The smallest absolute Gasteiger partial charge is 0.227 e. The largest absolute Gasteiger partial charge is 0.330 e. The van der Waals surface area contributed by atoms with Gasteiger partial charge in [0.25, 0.3) is 0 Å². The lowest BCUT2D eigenvalue weighted by molar-refractivity contribution is -0.118. The molecule has 1 aromatic rings. The van der Waals surface area contributed by atoms with Crippen molar-refractivity contribution in [2.45, 2.75) is 20.3 Å². The highest BCUT2D eigenvalue weighted by atomic mass is 16.2. The van der Waals surface area contributed by atoms with Crippen molar-refractivity contribution < 1.29 is 4.79 Å². The van der Waals surface area contributed by atoms with Gasteiger partial charge in [-0.2, -0.15) is 0 Å². The van der Waals surface area contributed by atoms with Gasteiger partial charge in [-0.15, -0.1) is 0 Å². The number of rotatable bonds is 3. The standard InChI is InChI=1S/C12H18N2O/c1-9-4-5-11(10(2)8-9)14(3)12(15)6-7-13/h4-5,8H,6-7,13H2,1-3H3. The Morgan fingerprint density at radius 3 is 2.60 bits per heavy atom. The first-order valence-corrected chi connectivity index (χ1v) is 5.10. The summed E-state index contributed by atoms with van der Waals surface area (Å²) in [5.74, 6) is 0.0597. The molecule has 2 N–H and O–H groups in total. The lowest BCUT2D eigenvalue weighted by Gasteiger charge is -2.19. The van der Waals surface area contributed by atoms with Crippen LogP contribution < -0.4 is 10.6 Å². The molecule has 0 heterocycles. The molecule has 0 unspecified atom stereocenters. The zero-order valence-corrected chi connectivity index (χ0v) is 9.58. The molecular formula is C12H18N2O. The van der Waals surface area contributed by atoms with E-state index in [9.17, 15) is 4.79 Å². The maximum atomic E-state index is 11.6. The van der Waals surface area contributed by atoms with Crippen molar-refractivity contribution in [1.29, 1.82) is 0 Å². The normalized spacial score (nSPS) is 10.1. The molecule has 0 bridgehead atoms. The van der Waals surface area contributed by atoms with E-state index in [1.54, 1.807) is 11.9 Å². The van der Waals surface area contributed by atoms with E-state index in [2.05, 4.69) is 6.07 Å². The summed E-state index contributed by atoms with van der Waals surface area (Å²) < 4.78 is 0. The Hall–Kier alpha value is -1.35. The van der Waals surface area contributed by atoms with E-state index >= 15 is 0 Å². The van der Waals surface area contributed by atoms with Crippen molar-refractivity contribution in [2.75, 3.05) is 18.5 Å². The number of nitrogens with zero attached hydrogens (tertiary/aromatic N) is 1. The van der Waals surface area contributed by atoms with Crippen molar-refractivity contribution >= 4 is 11.6 Å². The predicted molar refractivity (Wildman–Crippen MR) is 63.0 cm³/mol. The van der Waals surface area contributed by atoms with Gasteiger partial charge in [0.1, 0.15) is 0 Å². The number of carbonyl (C=O) groups excluding carboxylic acids is 1. The van der Waals surface area contributed by atoms with Crippen LogP contribution in [0.3, 0.4) is 0 Å². The third-order valence-electron chi connectivity index (χ3n) is 2.45. The maximum absolute atomic E-state index is 11.6. The summed E-state index contributed by atoms with van der Waals surface area (Å²) in [4.78, 5) is 13.3. The van der Waals surface area contributed by atoms with Crippen LogP contribution in [0.5, 0.6) is 0 Å². The van der Waals surface area contributed by atoms with E-state index in [0.717, 1.165) is 11.3 Å². The van der Waals surface area contributed by atoms with E-state index in [1.165, 1.54) is 5.56 Å². The summed E-state index contributed by atoms with van der Waals surface area (Å²) in [7, 11) is 1.79. The summed E-state index contributed by atoms with van der Waals surface area (Å²) in [6, 6.07) is 6.05. The van der Waals surface area contributed by atoms with Crippen molar-refractivity contribution in [2.24, 2.45) is 5.73 Å². The molecular weight excluding hydrogens is 188 g/mol. The minimum atomic E-state index is 0.0597. The molecule has 0 fully saturated rings. The first-order valence-electron chi connectivity index (χ1n) is 5.10. The van der Waals surface area contributed by atoms with E-state index in [1.807, 2.05) is 26.0 Å². The van der Waals surface area contributed by atoms with Gasteiger partial charge in [-0.05, 0) is 25.5 Å². The highest BCUT2D eigenvalue weighted by molar-refractivity contribution is 5.93. The number of hydrogen-bond donors (Lipinski definition) is 1. The Morgan fingerprint density at radius 2 is 2.07 bits per heavy atom. The summed E-state index contributed by atoms with van der Waals surface area (Å²) in [6.45, 7) is 4.45. The fourth-order valence-electron chi connectivity index (χ4n) is 1.61. The van der Waals surface area contributed by atoms with Crippen molar-refractivity contribution in [3.05, 3.63) is 29.3 Å². The fraction of sp³-hybridized carbons (Fsp3) is 0.417. The van der Waals surface area contributed by atoms with Gasteiger partial charge in [0, 0.05) is 25.7 Å². The lowest BCUT2D eigenvalue weighted by Crippen LogP contribution is -2.28. The molecule has 0 aliphatic heterocycles. The Bertz CT molecular complexity index is 361. The molecule has 0 radical (unpaired) electrons. The van der Waals surface area contributed by atoms with E-state index in [-0.39, 0.29) is 5.91 Å². The van der Waals surface area contributed by atoms with Crippen molar-refractivity contribution in [3.8, 4) is 0 Å². The van der Waals surface area contributed by atoms with Crippen LogP contribution in [0, 0.1) is 13.8 Å². The second-order valence-corrected chi connectivity index (χ2v) is 3.78. The van der Waals surface area contributed by atoms with Gasteiger partial charge in [-0.3, -0.25) is 4.79 Å². The average Bonchev–Trinajstić information content (AvgIpc) is 2.17. The molecule has 0 spiro atoms. The summed E-state index contributed by atoms with van der Waals surface area (Å²) in [5, 5.41) is 0. The third kappa shape index (κ3) is 2.80. The summed E-state index contributed by atoms with van der Waals surface area (Å²) in [5.41, 5.74) is 8.64. The minimum Gasteiger partial charge on any atom is -0.330 e. The number of amides is 1. The van der Waals surface area contributed by atoms with Gasteiger partial charge in [-0.1, -0.05) is 17.7 Å². The van der Waals surface area contributed by atoms with Crippen LogP contribution in [0.2, 0.25) is 0 Å². The molecule has 1 aromatic carbocycles. The van der Waals surface area contributed by atoms with Crippen LogP contribution in [-0.4, -0.2) is 19.5 Å². The Morgan fingerprint density at radius 1 is 1.40 bits per heavy atom. The van der Waals surface area contributed by atoms with Gasteiger partial charge in [0.05, 0.1) is 0 Å². The number of carbonyl (C=O) groups is 1. The number of hydrogen-bond acceptors (Lipinski definition) is 2. The second kappa shape index (κ2) is 4.94. The van der Waals surface area contributed by atoms with Crippen LogP contribution in [-0.2, 0) is 4.79 Å². The van der Waals surface area contributed by atoms with Crippen LogP contribution in [0.1, 0.15) is 17.5 Å². The van der Waals surface area contributed by atoms with E-state index in [4.69, 9.17) is 5.73 Å². The molecule has 0 saturated heterocycles. The van der Waals surface area contributed by atoms with E-state index < -0.39 is 0 Å². The Balaban J connectivity index is 2.91. The molecule has 0 aromatic heterocycles. The molecule has 0 atom stereocenters. The molecule has 1 amide bonds. The molecule has 3 heteroatoms. The van der Waals surface area contributed by atoms with Gasteiger partial charge in [0.15, 0.2) is 0 Å². The van der Waals surface area contributed by atoms with Crippen LogP contribution in [0.4, 0.5) is 5.69 Å². The van der Waals surface area contributed by atoms with Crippen LogP contribution in [0.15, 0.2) is 18.2 Å². The quantitative estimate of drug-likeness (QED) is 0.816. The molecule has 0 saturated carbocycles.